The van der Waals surface area contributed by atoms with Crippen molar-refractivity contribution >= 4 is 5.97 Å². The third-order valence-electron chi connectivity index (χ3n) is 6.38. The second-order valence-electron chi connectivity index (χ2n) is 10.7. The largest absolute Gasteiger partial charge is 0.489 e. The summed E-state index contributed by atoms with van der Waals surface area (Å²) >= 11 is 0. The number of nitrogens with zero attached hydrogens (tertiary/aromatic N) is 1. The number of hydrogen-bond acceptors (Lipinski definition) is 4. The fourth-order valence-corrected chi connectivity index (χ4v) is 4.37. The first-order chi connectivity index (χ1) is 18.2. The number of rotatable bonds is 12. The van der Waals surface area contributed by atoms with E-state index in [1.807, 2.05) is 36.4 Å². The summed E-state index contributed by atoms with van der Waals surface area (Å²) < 4.78 is 26.1. The Morgan fingerprint density at radius 2 is 1.82 bits per heavy atom. The average molecular weight is 522 g/mol. The highest BCUT2D eigenvalue weighted by Crippen LogP contribution is 2.35. The maximum absolute atomic E-state index is 14.8. The topological polar surface area (TPSA) is 68.7 Å². The first-order valence-electron chi connectivity index (χ1n) is 13.5. The Morgan fingerprint density at radius 3 is 2.47 bits per heavy atom. The molecule has 1 aliphatic carbocycles. The summed E-state index contributed by atoms with van der Waals surface area (Å²) in [5.74, 6) is -0.147. The van der Waals surface area contributed by atoms with Crippen molar-refractivity contribution < 1.29 is 23.8 Å². The summed E-state index contributed by atoms with van der Waals surface area (Å²) in [4.78, 5) is 14.8. The Morgan fingerprint density at radius 1 is 1.05 bits per heavy atom. The molecular formula is C32H40FNO4. The van der Waals surface area contributed by atoms with Gasteiger partial charge < -0.3 is 14.6 Å². The van der Waals surface area contributed by atoms with Gasteiger partial charge in [0.15, 0.2) is 0 Å². The lowest BCUT2D eigenvalue weighted by molar-refractivity contribution is -0.136. The van der Waals surface area contributed by atoms with Crippen molar-refractivity contribution in [2.75, 3.05) is 7.11 Å². The van der Waals surface area contributed by atoms with Crippen molar-refractivity contribution in [2.24, 2.45) is 5.41 Å². The summed E-state index contributed by atoms with van der Waals surface area (Å²) in [7, 11) is 1.52. The molecule has 0 atom stereocenters. The third-order valence-corrected chi connectivity index (χ3v) is 6.38. The molecular weight excluding hydrogens is 481 g/mol. The molecule has 0 amide bonds. The molecule has 0 unspecified atom stereocenters. The van der Waals surface area contributed by atoms with Crippen LogP contribution in [-0.2, 0) is 24.2 Å². The van der Waals surface area contributed by atoms with Gasteiger partial charge in [0, 0.05) is 18.1 Å². The van der Waals surface area contributed by atoms with E-state index < -0.39 is 5.97 Å². The average Bonchev–Trinajstić information content (AvgIpc) is 3.77. The molecule has 4 rings (SSSR count). The number of halogens is 1. The highest BCUT2D eigenvalue weighted by molar-refractivity contribution is 5.69. The van der Waals surface area contributed by atoms with Gasteiger partial charge in [-0.1, -0.05) is 76.8 Å². The fraction of sp³-hybridized carbons (Fsp3) is 0.438. The molecule has 3 aromatic rings. The number of hydrogen-bond donors (Lipinski definition) is 1. The number of aliphatic carboxylic acids is 1. The van der Waals surface area contributed by atoms with Crippen LogP contribution in [0.25, 0.3) is 11.1 Å². The molecule has 0 saturated heterocycles. The summed E-state index contributed by atoms with van der Waals surface area (Å²) in [6.07, 6.45) is 9.15. The second-order valence-corrected chi connectivity index (χ2v) is 10.7. The number of aromatic nitrogens is 1. The quantitative estimate of drug-likeness (QED) is 0.261. The highest BCUT2D eigenvalue weighted by Gasteiger charge is 2.21. The summed E-state index contributed by atoms with van der Waals surface area (Å²) in [5.41, 5.74) is 4.30. The molecule has 6 heteroatoms. The molecule has 0 aliphatic heterocycles. The summed E-state index contributed by atoms with van der Waals surface area (Å²) in [6, 6.07) is 15.1. The predicted molar refractivity (Wildman–Crippen MR) is 149 cm³/mol. The second kappa shape index (κ2) is 13.9. The number of carboxylic acid groups (broad SMARTS) is 1. The summed E-state index contributed by atoms with van der Waals surface area (Å²) in [5, 5.41) is 8.92. The molecule has 38 heavy (non-hydrogen) atoms. The Kier molecular flexibility index (Phi) is 10.7. The maximum atomic E-state index is 14.8. The van der Waals surface area contributed by atoms with Gasteiger partial charge in [0.05, 0.1) is 13.3 Å². The van der Waals surface area contributed by atoms with E-state index in [4.69, 9.17) is 14.6 Å². The van der Waals surface area contributed by atoms with Crippen molar-refractivity contribution in [1.29, 1.82) is 0 Å². The molecule has 2 aromatic carbocycles. The zero-order valence-electron chi connectivity index (χ0n) is 23.1. The van der Waals surface area contributed by atoms with E-state index in [1.165, 1.54) is 32.6 Å². The van der Waals surface area contributed by atoms with Crippen LogP contribution in [0.2, 0.25) is 0 Å². The lowest BCUT2D eigenvalue weighted by atomic mass is 9.79. The van der Waals surface area contributed by atoms with Crippen LogP contribution in [0.4, 0.5) is 4.39 Å². The van der Waals surface area contributed by atoms with Gasteiger partial charge in [-0.05, 0) is 59.1 Å². The molecule has 0 bridgehead atoms. The monoisotopic (exact) mass is 521 g/mol. The van der Waals surface area contributed by atoms with Crippen molar-refractivity contribution in [3.05, 3.63) is 77.2 Å². The zero-order valence-corrected chi connectivity index (χ0v) is 23.1. The molecule has 1 fully saturated rings. The van der Waals surface area contributed by atoms with E-state index in [0.717, 1.165) is 41.5 Å². The minimum Gasteiger partial charge on any atom is -0.489 e. The van der Waals surface area contributed by atoms with Crippen LogP contribution >= 0.6 is 0 Å². The normalized spacial score (nSPS) is 12.3. The van der Waals surface area contributed by atoms with Crippen LogP contribution < -0.4 is 9.47 Å². The molecule has 0 radical (unpaired) electrons. The van der Waals surface area contributed by atoms with E-state index in [9.17, 15) is 9.18 Å². The number of methoxy groups -OCH3 is 1. The third kappa shape index (κ3) is 9.47. The maximum Gasteiger partial charge on any atom is 0.303 e. The Bertz CT molecular complexity index is 1200. The van der Waals surface area contributed by atoms with Gasteiger partial charge >= 0.3 is 5.97 Å². The lowest BCUT2D eigenvalue weighted by Crippen LogP contribution is -2.15. The smallest absolute Gasteiger partial charge is 0.303 e. The van der Waals surface area contributed by atoms with Gasteiger partial charge in [0.1, 0.15) is 18.2 Å². The van der Waals surface area contributed by atoms with Gasteiger partial charge in [-0.3, -0.25) is 4.79 Å². The van der Waals surface area contributed by atoms with Crippen molar-refractivity contribution in [2.45, 2.75) is 78.7 Å². The molecule has 5 nitrogen and oxygen atoms in total. The Balaban J connectivity index is 0.00000124. The Labute approximate surface area is 226 Å². The van der Waals surface area contributed by atoms with Gasteiger partial charge in [0.2, 0.25) is 5.88 Å². The first kappa shape index (κ1) is 29.2. The Hall–Kier alpha value is -3.41. The molecule has 1 aromatic heterocycles. The van der Waals surface area contributed by atoms with Gasteiger partial charge in [-0.15, -0.1) is 0 Å². The molecule has 1 saturated carbocycles. The highest BCUT2D eigenvalue weighted by atomic mass is 19.1. The van der Waals surface area contributed by atoms with Crippen LogP contribution in [0.1, 0.15) is 76.0 Å². The van der Waals surface area contributed by atoms with E-state index in [0.29, 0.717) is 30.2 Å². The van der Waals surface area contributed by atoms with Gasteiger partial charge in [-0.25, -0.2) is 9.37 Å². The first-order valence-corrected chi connectivity index (χ1v) is 13.5. The van der Waals surface area contributed by atoms with Crippen molar-refractivity contribution in [1.82, 2.24) is 4.98 Å². The molecule has 1 heterocycles. The van der Waals surface area contributed by atoms with E-state index in [1.54, 1.807) is 6.07 Å². The standard InChI is InChI=1S/C29H34FNO4.C3H6/c1-5-13-29(2,3)17-22-14-21(9-11-24(22)25-16-27(34-4)31-18-26(25)30)19-35-23-8-6-7-20(15-23)10-12-28(32)33;1-2-3-1/h6-9,11,14-16,18H,5,10,12-13,17,19H2,1-4H3,(H,32,33);1-3H2. The van der Waals surface area contributed by atoms with Gasteiger partial charge in [-0.2, -0.15) is 0 Å². The van der Waals surface area contributed by atoms with Gasteiger partial charge in [0.25, 0.3) is 0 Å². The zero-order chi connectivity index (χ0) is 27.5. The minimum absolute atomic E-state index is 0.0506. The summed E-state index contributed by atoms with van der Waals surface area (Å²) in [6.45, 7) is 6.99. The van der Waals surface area contributed by atoms with E-state index in [2.05, 4.69) is 31.8 Å². The lowest BCUT2D eigenvalue weighted by Gasteiger charge is -2.26. The van der Waals surface area contributed by atoms with E-state index >= 15 is 0 Å². The minimum atomic E-state index is -0.821. The van der Waals surface area contributed by atoms with Crippen LogP contribution in [0.15, 0.2) is 54.7 Å². The number of pyridine rings is 1. The van der Waals surface area contributed by atoms with Crippen LogP contribution in [0.3, 0.4) is 0 Å². The molecule has 0 spiro atoms. The molecule has 204 valence electrons. The van der Waals surface area contributed by atoms with E-state index in [-0.39, 0.29) is 17.7 Å². The molecule has 1 aliphatic rings. The van der Waals surface area contributed by atoms with Crippen molar-refractivity contribution in [3.63, 3.8) is 0 Å². The van der Waals surface area contributed by atoms with Crippen molar-refractivity contribution in [3.8, 4) is 22.8 Å². The molecule has 1 N–H and O–H groups in total. The number of aryl methyl sites for hydroxylation is 1. The van der Waals surface area contributed by atoms with Crippen LogP contribution in [0, 0.1) is 11.2 Å². The SMILES string of the molecule is C1CC1.CCCC(C)(C)Cc1cc(COc2cccc(CCC(=O)O)c2)ccc1-c1cc(OC)ncc1F. The number of carbonyl (C=O) groups is 1. The fourth-order valence-electron chi connectivity index (χ4n) is 4.37. The van der Waals surface area contributed by atoms with Crippen LogP contribution in [0.5, 0.6) is 11.6 Å². The number of carboxylic acids is 1. The number of ether oxygens (including phenoxy) is 2. The van der Waals surface area contributed by atoms with Crippen LogP contribution in [-0.4, -0.2) is 23.2 Å². The number of benzene rings is 2. The predicted octanol–water partition coefficient (Wildman–Crippen LogP) is 8.03.